The van der Waals surface area contributed by atoms with Gasteiger partial charge in [0.15, 0.2) is 5.13 Å². The van der Waals surface area contributed by atoms with E-state index in [1.54, 1.807) is 48.4 Å². The van der Waals surface area contributed by atoms with Gasteiger partial charge in [-0.2, -0.15) is 4.31 Å². The molecule has 36 heavy (non-hydrogen) atoms. The van der Waals surface area contributed by atoms with Crippen LogP contribution < -0.4 is 9.64 Å². The number of likely N-dealkylation sites (N-methyl/N-ethyl adjacent to an activating group) is 1. The van der Waals surface area contributed by atoms with Gasteiger partial charge in [-0.15, -0.1) is 0 Å². The maximum atomic E-state index is 13.7. The molecule has 0 radical (unpaired) electrons. The number of anilines is 1. The van der Waals surface area contributed by atoms with Gasteiger partial charge in [0.2, 0.25) is 15.9 Å². The lowest BCUT2D eigenvalue weighted by Gasteiger charge is -2.33. The summed E-state index contributed by atoms with van der Waals surface area (Å²) in [5.74, 6) is 0.269. The number of carbonyl (C=O) groups excluding carboxylic acids is 1. The van der Waals surface area contributed by atoms with E-state index in [0.29, 0.717) is 60.4 Å². The van der Waals surface area contributed by atoms with Crippen molar-refractivity contribution in [1.82, 2.24) is 14.2 Å². The predicted molar refractivity (Wildman–Crippen MR) is 145 cm³/mol. The maximum Gasteiger partial charge on any atom is 0.243 e. The second kappa shape index (κ2) is 11.0. The number of thiazole rings is 1. The number of sulfonamides is 1. The number of ether oxygens (including phenoxy) is 1. The minimum atomic E-state index is -3.59. The molecule has 1 aliphatic heterocycles. The van der Waals surface area contributed by atoms with Crippen molar-refractivity contribution in [3.05, 3.63) is 47.0 Å². The zero-order valence-corrected chi connectivity index (χ0v) is 23.3. The summed E-state index contributed by atoms with van der Waals surface area (Å²) in [6.45, 7) is 3.65. The fourth-order valence-electron chi connectivity index (χ4n) is 4.24. The van der Waals surface area contributed by atoms with Gasteiger partial charge >= 0.3 is 0 Å². The van der Waals surface area contributed by atoms with Crippen LogP contribution in [0.1, 0.15) is 18.4 Å². The predicted octanol–water partition coefficient (Wildman–Crippen LogP) is 4.26. The lowest BCUT2D eigenvalue weighted by Crippen LogP contribution is -2.46. The number of aryl methyl sites for hydroxylation is 1. The molecule has 2 heterocycles. The number of aromatic nitrogens is 1. The highest BCUT2D eigenvalue weighted by Crippen LogP contribution is 2.39. The van der Waals surface area contributed by atoms with E-state index in [9.17, 15) is 13.2 Å². The number of carbonyl (C=O) groups is 1. The summed E-state index contributed by atoms with van der Waals surface area (Å²) < 4.78 is 33.9. The Morgan fingerprint density at radius 2 is 1.81 bits per heavy atom. The van der Waals surface area contributed by atoms with Crippen molar-refractivity contribution < 1.29 is 17.9 Å². The van der Waals surface area contributed by atoms with Gasteiger partial charge in [-0.25, -0.2) is 13.4 Å². The molecule has 3 aromatic rings. The average molecular weight is 551 g/mol. The number of fused-ring (bicyclic) bond motifs is 1. The Balaban J connectivity index is 1.55. The first-order valence-corrected chi connectivity index (χ1v) is 14.4. The van der Waals surface area contributed by atoms with E-state index in [1.807, 2.05) is 25.9 Å². The zero-order valence-electron chi connectivity index (χ0n) is 20.9. The van der Waals surface area contributed by atoms with Crippen molar-refractivity contribution in [2.24, 2.45) is 5.92 Å². The van der Waals surface area contributed by atoms with Crippen molar-refractivity contribution in [2.75, 3.05) is 52.3 Å². The summed E-state index contributed by atoms with van der Waals surface area (Å²) in [7, 11) is 1.90. The molecule has 1 saturated heterocycles. The van der Waals surface area contributed by atoms with Crippen molar-refractivity contribution in [1.29, 1.82) is 0 Å². The molecular weight excluding hydrogens is 520 g/mol. The second-order valence-corrected chi connectivity index (χ2v) is 12.5. The summed E-state index contributed by atoms with van der Waals surface area (Å²) in [5.41, 5.74) is 1.64. The number of piperidine rings is 1. The van der Waals surface area contributed by atoms with Crippen LogP contribution in [-0.2, 0) is 14.8 Å². The number of amides is 1. The molecule has 0 aliphatic carbocycles. The van der Waals surface area contributed by atoms with Crippen LogP contribution in [0.2, 0.25) is 5.02 Å². The summed E-state index contributed by atoms with van der Waals surface area (Å²) in [6.07, 6.45) is 0.911. The molecular formula is C25H31ClN4O4S2. The molecule has 11 heteroatoms. The Morgan fingerprint density at radius 1 is 1.14 bits per heavy atom. The van der Waals surface area contributed by atoms with Crippen LogP contribution in [0.15, 0.2) is 41.3 Å². The number of hydrogen-bond donors (Lipinski definition) is 0. The highest BCUT2D eigenvalue weighted by atomic mass is 35.5. The first kappa shape index (κ1) is 26.8. The highest BCUT2D eigenvalue weighted by Gasteiger charge is 2.35. The van der Waals surface area contributed by atoms with E-state index >= 15 is 0 Å². The van der Waals surface area contributed by atoms with Gasteiger partial charge in [0.25, 0.3) is 0 Å². The fourth-order valence-corrected chi connectivity index (χ4v) is 7.00. The van der Waals surface area contributed by atoms with Gasteiger partial charge in [-0.05, 0) is 58.1 Å². The third-order valence-electron chi connectivity index (χ3n) is 6.40. The largest absolute Gasteiger partial charge is 0.494 e. The van der Waals surface area contributed by atoms with Gasteiger partial charge in [0.05, 0.1) is 21.7 Å². The lowest BCUT2D eigenvalue weighted by atomic mass is 9.96. The molecule has 0 bridgehead atoms. The van der Waals surface area contributed by atoms with E-state index in [1.165, 1.54) is 15.6 Å². The summed E-state index contributed by atoms with van der Waals surface area (Å²) in [4.78, 5) is 22.5. The Morgan fingerprint density at radius 3 is 2.42 bits per heavy atom. The van der Waals surface area contributed by atoms with Crippen LogP contribution in [0.5, 0.6) is 5.75 Å². The van der Waals surface area contributed by atoms with Crippen LogP contribution in [0, 0.1) is 12.8 Å². The smallest absolute Gasteiger partial charge is 0.243 e. The molecule has 0 saturated carbocycles. The van der Waals surface area contributed by atoms with Gasteiger partial charge in [0, 0.05) is 32.1 Å². The van der Waals surface area contributed by atoms with E-state index in [2.05, 4.69) is 0 Å². The topological polar surface area (TPSA) is 83.0 Å². The molecule has 194 valence electrons. The third kappa shape index (κ3) is 5.52. The molecule has 8 nitrogen and oxygen atoms in total. The molecule has 1 amide bonds. The van der Waals surface area contributed by atoms with Crippen LogP contribution in [0.4, 0.5) is 5.13 Å². The number of halogens is 1. The van der Waals surface area contributed by atoms with Gasteiger partial charge in [0.1, 0.15) is 11.3 Å². The van der Waals surface area contributed by atoms with Crippen LogP contribution in [0.3, 0.4) is 0 Å². The number of methoxy groups -OCH3 is 1. The minimum absolute atomic E-state index is 0.0432. The Hall–Kier alpha value is -2.24. The Kier molecular flexibility index (Phi) is 8.21. The van der Waals surface area contributed by atoms with Crippen LogP contribution in [0.25, 0.3) is 10.2 Å². The molecule has 4 rings (SSSR count). The molecule has 0 N–H and O–H groups in total. The van der Waals surface area contributed by atoms with Crippen molar-refractivity contribution >= 4 is 54.2 Å². The quantitative estimate of drug-likeness (QED) is 0.417. The van der Waals surface area contributed by atoms with Crippen molar-refractivity contribution in [3.8, 4) is 5.75 Å². The van der Waals surface area contributed by atoms with Crippen LogP contribution >= 0.6 is 22.9 Å². The van der Waals surface area contributed by atoms with E-state index in [-0.39, 0.29) is 16.7 Å². The number of nitrogens with zero attached hydrogens (tertiary/aromatic N) is 4. The molecule has 1 fully saturated rings. The Bertz CT molecular complexity index is 1330. The van der Waals surface area contributed by atoms with E-state index in [0.717, 1.165) is 10.3 Å². The lowest BCUT2D eigenvalue weighted by molar-refractivity contribution is -0.123. The summed E-state index contributed by atoms with van der Waals surface area (Å²) >= 11 is 7.78. The molecule has 1 aromatic heterocycles. The van der Waals surface area contributed by atoms with Crippen molar-refractivity contribution in [2.45, 2.75) is 24.7 Å². The zero-order chi connectivity index (χ0) is 26.0. The Labute approximate surface area is 221 Å². The number of rotatable bonds is 8. The molecule has 2 aromatic carbocycles. The van der Waals surface area contributed by atoms with Gasteiger partial charge < -0.3 is 9.64 Å². The van der Waals surface area contributed by atoms with Gasteiger partial charge in [-0.1, -0.05) is 40.6 Å². The number of benzene rings is 2. The molecule has 0 spiro atoms. The highest BCUT2D eigenvalue weighted by molar-refractivity contribution is 7.89. The van der Waals surface area contributed by atoms with E-state index < -0.39 is 10.0 Å². The van der Waals surface area contributed by atoms with Crippen molar-refractivity contribution in [3.63, 3.8) is 0 Å². The first-order valence-electron chi connectivity index (χ1n) is 11.8. The first-order chi connectivity index (χ1) is 17.1. The van der Waals surface area contributed by atoms with Crippen LogP contribution in [-0.4, -0.2) is 75.9 Å². The third-order valence-corrected chi connectivity index (χ3v) is 9.85. The van der Waals surface area contributed by atoms with E-state index in [4.69, 9.17) is 21.3 Å². The standard InChI is InChI=1S/C25H31ClN4O4S2/c1-17-5-7-19(8-6-17)36(32,33)29-13-11-18(12-14-29)24(31)30(16-15-28(2)3)25-27-22-21(34-4)10-9-20(26)23(22)35-25/h5-10,18H,11-16H2,1-4H3. The SMILES string of the molecule is COc1ccc(Cl)c2sc(N(CCN(C)C)C(=O)C3CCN(S(=O)(=O)c4ccc(C)cc4)CC3)nc12. The second-order valence-electron chi connectivity index (χ2n) is 9.21. The number of hydrogen-bond acceptors (Lipinski definition) is 7. The molecule has 0 atom stereocenters. The average Bonchev–Trinajstić information content (AvgIpc) is 3.30. The van der Waals surface area contributed by atoms with Gasteiger partial charge in [-0.3, -0.25) is 9.69 Å². The molecule has 0 unspecified atom stereocenters. The molecule has 1 aliphatic rings. The fraction of sp³-hybridized carbons (Fsp3) is 0.440. The minimum Gasteiger partial charge on any atom is -0.494 e. The summed E-state index contributed by atoms with van der Waals surface area (Å²) in [5, 5.41) is 1.13. The maximum absolute atomic E-state index is 13.7. The normalized spacial score (nSPS) is 15.5. The summed E-state index contributed by atoms with van der Waals surface area (Å²) in [6, 6.07) is 10.4. The monoisotopic (exact) mass is 550 g/mol.